The second kappa shape index (κ2) is 12.0. The highest BCUT2D eigenvalue weighted by Crippen LogP contribution is 2.44. The van der Waals surface area contributed by atoms with Crippen LogP contribution in [0.15, 0.2) is 12.7 Å². The topological polar surface area (TPSA) is 217 Å². The van der Waals surface area contributed by atoms with Crippen molar-refractivity contribution in [1.29, 1.82) is 0 Å². The Hall–Kier alpha value is -3.76. The van der Waals surface area contributed by atoms with Crippen molar-refractivity contribution < 1.29 is 23.1 Å². The third-order valence-corrected chi connectivity index (χ3v) is 8.02. The summed E-state index contributed by atoms with van der Waals surface area (Å²) in [6.07, 6.45) is 6.63. The number of hydrogen-bond acceptors (Lipinski definition) is 15. The van der Waals surface area contributed by atoms with E-state index in [1.165, 1.54) is 0 Å². The molecular formula is C26H38N12O5P+. The van der Waals surface area contributed by atoms with Crippen molar-refractivity contribution in [1.82, 2.24) is 39.0 Å². The van der Waals surface area contributed by atoms with E-state index in [1.807, 2.05) is 36.8 Å². The van der Waals surface area contributed by atoms with Crippen molar-refractivity contribution in [3.8, 4) is 0 Å². The van der Waals surface area contributed by atoms with Crippen LogP contribution in [0.2, 0.25) is 0 Å². The average molecular weight is 630 g/mol. The lowest BCUT2D eigenvalue weighted by molar-refractivity contribution is -0.0808. The van der Waals surface area contributed by atoms with Gasteiger partial charge in [0, 0.05) is 16.6 Å². The lowest BCUT2D eigenvalue weighted by atomic mass is 10.3. The molecule has 4 aromatic heterocycles. The maximum atomic E-state index is 12.4. The minimum atomic E-state index is -2.45. The largest absolute Gasteiger partial charge is 0.702 e. The number of fused-ring (bicyclic) bond motifs is 2. The molecule has 6 rings (SSSR count). The number of imidazole rings is 2. The molecule has 0 bridgehead atoms. The van der Waals surface area contributed by atoms with Crippen LogP contribution in [0.3, 0.4) is 0 Å². The number of nitrogens with zero attached hydrogens (tertiary/aromatic N) is 8. The molecule has 0 radical (unpaired) electrons. The Morgan fingerprint density at radius 2 is 1.18 bits per heavy atom. The van der Waals surface area contributed by atoms with Gasteiger partial charge >= 0.3 is 8.25 Å². The average Bonchev–Trinajstić information content (AvgIpc) is 3.80. The number of hydrogen-bond donors (Lipinski definition) is 4. The number of nitrogens with one attached hydrogen (secondary N) is 2. The van der Waals surface area contributed by atoms with Crippen molar-refractivity contribution in [3.63, 3.8) is 0 Å². The van der Waals surface area contributed by atoms with Crippen LogP contribution in [0.1, 0.15) is 53.4 Å². The molecule has 0 atom stereocenters. The van der Waals surface area contributed by atoms with Gasteiger partial charge < -0.3 is 40.7 Å². The van der Waals surface area contributed by atoms with Crippen LogP contribution in [-0.4, -0.2) is 75.9 Å². The number of rotatable bonds is 16. The molecule has 2 saturated carbocycles. The number of nitrogens with two attached hydrogens (primary N) is 2. The number of aromatic nitrogens is 8. The summed E-state index contributed by atoms with van der Waals surface area (Å²) >= 11 is 0. The summed E-state index contributed by atoms with van der Waals surface area (Å²) in [5, 5.41) is 6.51. The van der Waals surface area contributed by atoms with Gasteiger partial charge in [0.25, 0.3) is 0 Å². The van der Waals surface area contributed by atoms with E-state index in [-0.39, 0.29) is 37.6 Å². The maximum Gasteiger partial charge on any atom is 0.702 e. The minimum absolute atomic E-state index is 0.157. The van der Waals surface area contributed by atoms with E-state index in [0.29, 0.717) is 47.1 Å². The molecule has 2 fully saturated rings. The van der Waals surface area contributed by atoms with Crippen molar-refractivity contribution in [2.45, 2.75) is 89.8 Å². The summed E-state index contributed by atoms with van der Waals surface area (Å²) in [5.74, 6) is 1.49. The van der Waals surface area contributed by atoms with Crippen LogP contribution in [0.25, 0.3) is 22.3 Å². The van der Waals surface area contributed by atoms with Gasteiger partial charge in [0.2, 0.25) is 25.5 Å². The first-order chi connectivity index (χ1) is 21.0. The molecule has 0 spiro atoms. The second-order valence-electron chi connectivity index (χ2n) is 11.9. The van der Waals surface area contributed by atoms with E-state index in [4.69, 9.17) is 30.0 Å². The van der Waals surface area contributed by atoms with Gasteiger partial charge in [-0.05, 0) is 53.4 Å². The van der Waals surface area contributed by atoms with Gasteiger partial charge in [0.05, 0.1) is 36.9 Å². The first kappa shape index (κ1) is 30.3. The first-order valence-corrected chi connectivity index (χ1v) is 15.6. The summed E-state index contributed by atoms with van der Waals surface area (Å²) in [6.45, 7) is 8.62. The number of anilines is 4. The third-order valence-electron chi connectivity index (χ3n) is 7.39. The predicted octanol–water partition coefficient (Wildman–Crippen LogP) is 3.18. The predicted molar refractivity (Wildman–Crippen MR) is 163 cm³/mol. The molecule has 4 aromatic rings. The zero-order valence-electron chi connectivity index (χ0n) is 25.2. The quantitative estimate of drug-likeness (QED) is 0.103. The Labute approximate surface area is 254 Å². The zero-order chi connectivity index (χ0) is 31.1. The van der Waals surface area contributed by atoms with Gasteiger partial charge in [-0.25, -0.2) is 9.97 Å². The first-order valence-electron chi connectivity index (χ1n) is 14.5. The summed E-state index contributed by atoms with van der Waals surface area (Å²) in [5.41, 5.74) is 13.4. The van der Waals surface area contributed by atoms with Crippen molar-refractivity contribution in [2.24, 2.45) is 0 Å². The summed E-state index contributed by atoms with van der Waals surface area (Å²) < 4.78 is 38.7. The van der Waals surface area contributed by atoms with Crippen LogP contribution >= 0.6 is 8.25 Å². The minimum Gasteiger partial charge on any atom is -0.368 e. The fourth-order valence-corrected chi connectivity index (χ4v) is 5.28. The Balaban J connectivity index is 0.975. The van der Waals surface area contributed by atoms with Crippen LogP contribution in [0.5, 0.6) is 0 Å². The molecule has 2 aliphatic carbocycles. The van der Waals surface area contributed by atoms with Crippen LogP contribution in [-0.2, 0) is 36.2 Å². The summed E-state index contributed by atoms with van der Waals surface area (Å²) in [7, 11) is -2.45. The van der Waals surface area contributed by atoms with E-state index in [1.54, 1.807) is 12.7 Å². The maximum absolute atomic E-state index is 12.4. The normalized spacial score (nSPS) is 16.7. The highest BCUT2D eigenvalue weighted by molar-refractivity contribution is 7.33. The van der Waals surface area contributed by atoms with E-state index in [2.05, 4.69) is 40.5 Å². The fraction of sp³-hybridized carbons (Fsp3) is 0.615. The molecule has 0 aliphatic heterocycles. The molecule has 2 aliphatic rings. The fourth-order valence-electron chi connectivity index (χ4n) is 4.92. The highest BCUT2D eigenvalue weighted by Gasteiger charge is 2.47. The molecule has 0 aromatic carbocycles. The van der Waals surface area contributed by atoms with Crippen LogP contribution in [0, 0.1) is 0 Å². The summed E-state index contributed by atoms with van der Waals surface area (Å²) in [4.78, 5) is 26.3. The molecule has 44 heavy (non-hydrogen) atoms. The Morgan fingerprint density at radius 3 is 1.55 bits per heavy atom. The van der Waals surface area contributed by atoms with Gasteiger partial charge in [-0.1, -0.05) is 9.05 Å². The van der Waals surface area contributed by atoms with Gasteiger partial charge in [-0.2, -0.15) is 19.9 Å². The lowest BCUT2D eigenvalue weighted by Gasteiger charge is -2.16. The van der Waals surface area contributed by atoms with E-state index < -0.39 is 19.5 Å². The molecule has 0 saturated heterocycles. The number of ether oxygens (including phenoxy) is 2. The Kier molecular flexibility index (Phi) is 8.24. The summed E-state index contributed by atoms with van der Waals surface area (Å²) in [6, 6.07) is 0.315. The van der Waals surface area contributed by atoms with Crippen LogP contribution < -0.4 is 22.1 Å². The van der Waals surface area contributed by atoms with Crippen molar-refractivity contribution >= 4 is 54.1 Å². The van der Waals surface area contributed by atoms with E-state index in [0.717, 1.165) is 25.7 Å². The van der Waals surface area contributed by atoms with Crippen LogP contribution in [0.4, 0.5) is 23.5 Å². The monoisotopic (exact) mass is 629 g/mol. The molecule has 0 amide bonds. The third kappa shape index (κ3) is 6.81. The molecule has 6 N–H and O–H groups in total. The Morgan fingerprint density at radius 1 is 0.773 bits per heavy atom. The SMILES string of the molecule is CC(C)Nc1nc(N)nc2c1ncn2CC1(OCO[P+](=O)OCOC2(Cn3cnc4c(NC(C)C)nc(N)nc43)CC2)CC1. The van der Waals surface area contributed by atoms with Gasteiger partial charge in [0.1, 0.15) is 0 Å². The number of nitrogen functional groups attached to an aromatic ring is 2. The molecule has 17 nitrogen and oxygen atoms in total. The van der Waals surface area contributed by atoms with Gasteiger partial charge in [0.15, 0.2) is 34.0 Å². The second-order valence-corrected chi connectivity index (χ2v) is 12.9. The Bertz CT molecular complexity index is 1550. The molecule has 4 heterocycles. The molecular weight excluding hydrogens is 591 g/mol. The van der Waals surface area contributed by atoms with E-state index in [9.17, 15) is 4.57 Å². The molecule has 18 heteroatoms. The van der Waals surface area contributed by atoms with Gasteiger partial charge in [-0.15, -0.1) is 0 Å². The lowest BCUT2D eigenvalue weighted by Crippen LogP contribution is -2.23. The highest BCUT2D eigenvalue weighted by atomic mass is 31.1. The smallest absolute Gasteiger partial charge is 0.368 e. The van der Waals surface area contributed by atoms with Crippen molar-refractivity contribution in [3.05, 3.63) is 12.7 Å². The molecule has 0 unspecified atom stereocenters. The zero-order valence-corrected chi connectivity index (χ0v) is 26.1. The molecule has 236 valence electrons. The van der Waals surface area contributed by atoms with Gasteiger partial charge in [-0.3, -0.25) is 0 Å². The standard InChI is InChI=1S/C26H38N12O5P/c1-15(2)31-19-17-21(35-23(27)33-19)37(11-29-17)9-25(5-6-25)40-13-42-44(39)43-14-41-26(7-8-26)10-38-12-30-18-20(32-16(3)4)34-24(28)36-22(18)38/h11-12,15-16H,5-10,13-14H2,1-4H3,(H3,27,31,33,35)(H3,28,32,34,36)/q+1. The van der Waals surface area contributed by atoms with E-state index >= 15 is 0 Å². The van der Waals surface area contributed by atoms with Crippen molar-refractivity contribution in [2.75, 3.05) is 35.7 Å².